The molecule has 1 aromatic heterocycles. The predicted octanol–water partition coefficient (Wildman–Crippen LogP) is 2.05. The largest absolute Gasteiger partial charge is 0.454 e. The Morgan fingerprint density at radius 3 is 2.95 bits per heavy atom. The van der Waals surface area contributed by atoms with E-state index in [0.717, 1.165) is 18.4 Å². The van der Waals surface area contributed by atoms with E-state index >= 15 is 0 Å². The second kappa shape index (κ2) is 5.01. The smallest absolute Gasteiger partial charge is 0.249 e. The highest BCUT2D eigenvalue weighted by atomic mass is 16.7. The van der Waals surface area contributed by atoms with Crippen LogP contribution in [0.15, 0.2) is 22.7 Å². The van der Waals surface area contributed by atoms with Crippen LogP contribution < -0.4 is 14.8 Å². The molecule has 1 amide bonds. The summed E-state index contributed by atoms with van der Waals surface area (Å²) < 4.78 is 15.9. The van der Waals surface area contributed by atoms with Gasteiger partial charge >= 0.3 is 0 Å². The van der Waals surface area contributed by atoms with Crippen LogP contribution in [0, 0.1) is 5.92 Å². The van der Waals surface area contributed by atoms with Crippen LogP contribution in [0.4, 0.5) is 0 Å². The first-order valence-electron chi connectivity index (χ1n) is 7.25. The number of fused-ring (bicyclic) bond motifs is 1. The average Bonchev–Trinajstić information content (AvgIpc) is 3.08. The van der Waals surface area contributed by atoms with E-state index in [0.29, 0.717) is 23.2 Å². The molecular formula is C15H15N3O4. The molecule has 0 bridgehead atoms. The molecule has 1 N–H and O–H groups in total. The Bertz CT molecular complexity index is 723. The molecule has 0 saturated heterocycles. The first-order valence-corrected chi connectivity index (χ1v) is 7.25. The van der Waals surface area contributed by atoms with Crippen LogP contribution in [-0.4, -0.2) is 22.8 Å². The van der Waals surface area contributed by atoms with Crippen molar-refractivity contribution < 1.29 is 18.8 Å². The van der Waals surface area contributed by atoms with Crippen LogP contribution in [0.25, 0.3) is 11.4 Å². The van der Waals surface area contributed by atoms with E-state index < -0.39 is 0 Å². The zero-order chi connectivity index (χ0) is 15.1. The van der Waals surface area contributed by atoms with Gasteiger partial charge in [-0.1, -0.05) is 5.16 Å². The van der Waals surface area contributed by atoms with E-state index in [2.05, 4.69) is 15.5 Å². The molecule has 1 fully saturated rings. The van der Waals surface area contributed by atoms with Gasteiger partial charge in [0.15, 0.2) is 11.5 Å². The van der Waals surface area contributed by atoms with Gasteiger partial charge in [0.2, 0.25) is 24.4 Å². The van der Waals surface area contributed by atoms with Gasteiger partial charge in [0.25, 0.3) is 0 Å². The van der Waals surface area contributed by atoms with Gasteiger partial charge in [0, 0.05) is 11.5 Å². The van der Waals surface area contributed by atoms with E-state index in [1.165, 1.54) is 0 Å². The molecule has 4 rings (SSSR count). The third kappa shape index (κ3) is 2.38. The molecule has 114 valence electrons. The highest BCUT2D eigenvalue weighted by Gasteiger charge is 2.31. The van der Waals surface area contributed by atoms with Gasteiger partial charge < -0.3 is 19.3 Å². The van der Waals surface area contributed by atoms with E-state index in [4.69, 9.17) is 14.0 Å². The van der Waals surface area contributed by atoms with Crippen LogP contribution in [0.5, 0.6) is 11.5 Å². The topological polar surface area (TPSA) is 86.5 Å². The Labute approximate surface area is 126 Å². The van der Waals surface area contributed by atoms with Crippen molar-refractivity contribution in [3.05, 3.63) is 24.1 Å². The van der Waals surface area contributed by atoms with Crippen molar-refractivity contribution in [2.45, 2.75) is 25.8 Å². The lowest BCUT2D eigenvalue weighted by molar-refractivity contribution is -0.123. The quantitative estimate of drug-likeness (QED) is 0.930. The highest BCUT2D eigenvalue weighted by molar-refractivity contribution is 5.81. The molecule has 1 aliphatic carbocycles. The molecule has 1 atom stereocenters. The van der Waals surface area contributed by atoms with Crippen LogP contribution in [0.2, 0.25) is 0 Å². The van der Waals surface area contributed by atoms with Crippen molar-refractivity contribution in [3.63, 3.8) is 0 Å². The van der Waals surface area contributed by atoms with Crippen molar-refractivity contribution in [2.24, 2.45) is 5.92 Å². The highest BCUT2D eigenvalue weighted by Crippen LogP contribution is 2.35. The van der Waals surface area contributed by atoms with Crippen LogP contribution in [0.1, 0.15) is 31.7 Å². The summed E-state index contributed by atoms with van der Waals surface area (Å²) in [7, 11) is 0. The van der Waals surface area contributed by atoms with Crippen LogP contribution in [0.3, 0.4) is 0 Å². The number of hydrogen-bond acceptors (Lipinski definition) is 6. The molecule has 2 heterocycles. The number of amides is 1. The fourth-order valence-electron chi connectivity index (χ4n) is 2.30. The molecule has 2 aromatic rings. The number of nitrogens with one attached hydrogen (secondary N) is 1. The molecule has 0 radical (unpaired) electrons. The molecule has 1 saturated carbocycles. The van der Waals surface area contributed by atoms with Gasteiger partial charge in [-0.2, -0.15) is 4.98 Å². The number of carbonyl (C=O) groups excluding carboxylic acids is 1. The average molecular weight is 301 g/mol. The van der Waals surface area contributed by atoms with Gasteiger partial charge in [0.05, 0.1) is 0 Å². The Hall–Kier alpha value is -2.57. The fourth-order valence-corrected chi connectivity index (χ4v) is 2.30. The lowest BCUT2D eigenvalue weighted by atomic mass is 10.2. The van der Waals surface area contributed by atoms with Crippen LogP contribution in [-0.2, 0) is 4.79 Å². The Balaban J connectivity index is 1.52. The molecule has 1 aliphatic heterocycles. The zero-order valence-corrected chi connectivity index (χ0v) is 12.0. The van der Waals surface area contributed by atoms with E-state index in [9.17, 15) is 4.79 Å². The Morgan fingerprint density at radius 2 is 2.14 bits per heavy atom. The van der Waals surface area contributed by atoms with Crippen molar-refractivity contribution >= 4 is 5.91 Å². The second-order valence-electron chi connectivity index (χ2n) is 5.53. The fraction of sp³-hybridized carbons (Fsp3) is 0.400. The molecule has 7 heteroatoms. The zero-order valence-electron chi connectivity index (χ0n) is 12.0. The minimum Gasteiger partial charge on any atom is -0.454 e. The maximum atomic E-state index is 11.8. The standard InChI is InChI=1S/C15H15N3O4/c1-8(16-14(19)9-2-3-9)15-17-13(18-22-15)10-4-5-11-12(6-10)21-7-20-11/h4-6,8-9H,2-3,7H2,1H3,(H,16,19)/t8-/m0/s1. The molecule has 2 aliphatic rings. The number of benzene rings is 1. The lowest BCUT2D eigenvalue weighted by Gasteiger charge is -2.08. The number of ether oxygens (including phenoxy) is 2. The summed E-state index contributed by atoms with van der Waals surface area (Å²) in [6.45, 7) is 2.05. The van der Waals surface area contributed by atoms with Crippen molar-refractivity contribution in [3.8, 4) is 22.9 Å². The van der Waals surface area contributed by atoms with E-state index in [1.54, 1.807) is 0 Å². The number of hydrogen-bond donors (Lipinski definition) is 1. The van der Waals surface area contributed by atoms with Crippen molar-refractivity contribution in [2.75, 3.05) is 6.79 Å². The van der Waals surface area contributed by atoms with Gasteiger partial charge in [-0.15, -0.1) is 0 Å². The summed E-state index contributed by atoms with van der Waals surface area (Å²) in [5, 5.41) is 6.85. The first kappa shape index (κ1) is 13.1. The van der Waals surface area contributed by atoms with E-state index in [1.807, 2.05) is 25.1 Å². The van der Waals surface area contributed by atoms with Gasteiger partial charge in [-0.05, 0) is 38.0 Å². The summed E-state index contributed by atoms with van der Waals surface area (Å²) in [5.74, 6) is 2.42. The minimum atomic E-state index is -0.302. The van der Waals surface area contributed by atoms with Gasteiger partial charge in [-0.25, -0.2) is 0 Å². The predicted molar refractivity (Wildman–Crippen MR) is 75.1 cm³/mol. The Kier molecular flexibility index (Phi) is 2.99. The number of nitrogens with zero attached hydrogens (tertiary/aromatic N) is 2. The first-order chi connectivity index (χ1) is 10.7. The lowest BCUT2D eigenvalue weighted by Crippen LogP contribution is -2.28. The van der Waals surface area contributed by atoms with Gasteiger partial charge in [-0.3, -0.25) is 4.79 Å². The van der Waals surface area contributed by atoms with Crippen molar-refractivity contribution in [1.29, 1.82) is 0 Å². The SMILES string of the molecule is C[C@H](NC(=O)C1CC1)c1nc(-c2ccc3c(c2)OCO3)no1. The molecule has 22 heavy (non-hydrogen) atoms. The molecule has 1 aromatic carbocycles. The summed E-state index contributed by atoms with van der Waals surface area (Å²) in [5.41, 5.74) is 0.778. The maximum Gasteiger partial charge on any atom is 0.249 e. The molecular weight excluding hydrogens is 286 g/mol. The number of carbonyl (C=O) groups is 1. The summed E-state index contributed by atoms with van der Waals surface area (Å²) in [6, 6.07) is 5.16. The minimum absolute atomic E-state index is 0.0512. The normalized spacial score (nSPS) is 17.3. The molecule has 7 nitrogen and oxygen atoms in total. The Morgan fingerprint density at radius 1 is 1.32 bits per heavy atom. The summed E-state index contributed by atoms with van der Waals surface area (Å²) >= 11 is 0. The van der Waals surface area contributed by atoms with Gasteiger partial charge in [0.1, 0.15) is 6.04 Å². The second-order valence-corrected chi connectivity index (χ2v) is 5.53. The monoisotopic (exact) mass is 301 g/mol. The summed E-state index contributed by atoms with van der Waals surface area (Å²) in [4.78, 5) is 16.1. The van der Waals surface area contributed by atoms with E-state index in [-0.39, 0.29) is 24.7 Å². The number of rotatable bonds is 4. The van der Waals surface area contributed by atoms with Crippen molar-refractivity contribution in [1.82, 2.24) is 15.5 Å². The van der Waals surface area contributed by atoms with Crippen LogP contribution >= 0.6 is 0 Å². The third-order valence-corrected chi connectivity index (χ3v) is 3.75. The maximum absolute atomic E-state index is 11.8. The molecule has 0 spiro atoms. The number of aromatic nitrogens is 2. The third-order valence-electron chi connectivity index (χ3n) is 3.75. The summed E-state index contributed by atoms with van der Waals surface area (Å²) in [6.07, 6.45) is 1.93. The molecule has 0 unspecified atom stereocenters.